The number of hydrogen-bond donors (Lipinski definition) is 1. The third-order valence-corrected chi connectivity index (χ3v) is 5.41. The van der Waals surface area contributed by atoms with E-state index < -0.39 is 0 Å². The average molecular weight is 310 g/mol. The SMILES string of the molecule is O=C(NCC1(N2CCSCC2)CCOCC1)c1ccoc1. The number of rotatable bonds is 4. The Balaban J connectivity index is 1.65. The molecule has 0 aliphatic carbocycles. The Morgan fingerprint density at radius 2 is 2.10 bits per heavy atom. The van der Waals surface area contributed by atoms with Crippen molar-refractivity contribution in [2.75, 3.05) is 44.4 Å². The van der Waals surface area contributed by atoms with Crippen LogP contribution in [0.1, 0.15) is 23.2 Å². The Hall–Kier alpha value is -0.980. The minimum Gasteiger partial charge on any atom is -0.472 e. The molecule has 0 radical (unpaired) electrons. The molecule has 1 N–H and O–H groups in total. The lowest BCUT2D eigenvalue weighted by Crippen LogP contribution is -2.60. The molecule has 0 atom stereocenters. The van der Waals surface area contributed by atoms with Gasteiger partial charge in [0, 0.05) is 49.9 Å². The second-order valence-electron chi connectivity index (χ2n) is 5.63. The minimum atomic E-state index is -0.0546. The van der Waals surface area contributed by atoms with Crippen molar-refractivity contribution < 1.29 is 13.9 Å². The van der Waals surface area contributed by atoms with Crippen LogP contribution >= 0.6 is 11.8 Å². The van der Waals surface area contributed by atoms with Crippen molar-refractivity contribution in [2.24, 2.45) is 0 Å². The van der Waals surface area contributed by atoms with Gasteiger partial charge >= 0.3 is 0 Å². The number of furan rings is 1. The van der Waals surface area contributed by atoms with Gasteiger partial charge in [-0.25, -0.2) is 0 Å². The zero-order chi connectivity index (χ0) is 14.5. The molecule has 5 nitrogen and oxygen atoms in total. The topological polar surface area (TPSA) is 54.7 Å². The number of nitrogens with one attached hydrogen (secondary N) is 1. The van der Waals surface area contributed by atoms with Crippen LogP contribution in [0.25, 0.3) is 0 Å². The second kappa shape index (κ2) is 6.85. The summed E-state index contributed by atoms with van der Waals surface area (Å²) in [5.41, 5.74) is 0.643. The third kappa shape index (κ3) is 3.44. The highest BCUT2D eigenvalue weighted by Crippen LogP contribution is 2.30. The van der Waals surface area contributed by atoms with Gasteiger partial charge < -0.3 is 14.5 Å². The summed E-state index contributed by atoms with van der Waals surface area (Å²) in [6, 6.07) is 1.70. The summed E-state index contributed by atoms with van der Waals surface area (Å²) in [6.45, 7) is 4.46. The summed E-state index contributed by atoms with van der Waals surface area (Å²) in [5.74, 6) is 2.30. The van der Waals surface area contributed by atoms with Gasteiger partial charge in [0.25, 0.3) is 5.91 Å². The van der Waals surface area contributed by atoms with Crippen LogP contribution in [-0.2, 0) is 4.74 Å². The van der Waals surface area contributed by atoms with Gasteiger partial charge in [0.05, 0.1) is 11.8 Å². The molecule has 0 bridgehead atoms. The average Bonchev–Trinajstić information content (AvgIpc) is 3.09. The molecule has 2 aliphatic heterocycles. The zero-order valence-electron chi connectivity index (χ0n) is 12.2. The molecule has 2 saturated heterocycles. The molecule has 1 aromatic heterocycles. The molecule has 21 heavy (non-hydrogen) atoms. The lowest BCUT2D eigenvalue weighted by Gasteiger charge is -2.48. The highest BCUT2D eigenvalue weighted by atomic mass is 32.2. The lowest BCUT2D eigenvalue weighted by atomic mass is 9.87. The molecule has 6 heteroatoms. The van der Waals surface area contributed by atoms with Gasteiger partial charge in [-0.05, 0) is 18.9 Å². The van der Waals surface area contributed by atoms with E-state index in [1.54, 1.807) is 6.07 Å². The molecule has 3 heterocycles. The maximum absolute atomic E-state index is 12.1. The van der Waals surface area contributed by atoms with E-state index in [1.165, 1.54) is 24.0 Å². The van der Waals surface area contributed by atoms with Crippen molar-refractivity contribution in [2.45, 2.75) is 18.4 Å². The van der Waals surface area contributed by atoms with E-state index in [0.717, 1.165) is 39.1 Å². The number of amides is 1. The molecule has 0 unspecified atom stereocenters. The maximum atomic E-state index is 12.1. The van der Waals surface area contributed by atoms with Crippen LogP contribution in [0, 0.1) is 0 Å². The highest BCUT2D eigenvalue weighted by molar-refractivity contribution is 7.99. The molecule has 0 spiro atoms. The Bertz CT molecular complexity index is 451. The molecular formula is C15H22N2O3S. The zero-order valence-corrected chi connectivity index (χ0v) is 13.0. The van der Waals surface area contributed by atoms with E-state index in [-0.39, 0.29) is 11.4 Å². The fraction of sp³-hybridized carbons (Fsp3) is 0.667. The number of hydrogen-bond acceptors (Lipinski definition) is 5. The van der Waals surface area contributed by atoms with Crippen molar-refractivity contribution in [1.29, 1.82) is 0 Å². The normalized spacial score (nSPS) is 22.9. The first-order valence-electron chi connectivity index (χ1n) is 7.51. The van der Waals surface area contributed by atoms with Gasteiger partial charge in [-0.2, -0.15) is 11.8 Å². The summed E-state index contributed by atoms with van der Waals surface area (Å²) in [6.07, 6.45) is 5.00. The second-order valence-corrected chi connectivity index (χ2v) is 6.86. The Morgan fingerprint density at radius 1 is 1.33 bits per heavy atom. The summed E-state index contributed by atoms with van der Waals surface area (Å²) < 4.78 is 10.5. The van der Waals surface area contributed by atoms with Gasteiger partial charge in [-0.15, -0.1) is 0 Å². The van der Waals surface area contributed by atoms with Crippen LogP contribution in [0.2, 0.25) is 0 Å². The van der Waals surface area contributed by atoms with E-state index in [4.69, 9.17) is 9.15 Å². The third-order valence-electron chi connectivity index (χ3n) is 4.47. The van der Waals surface area contributed by atoms with E-state index in [0.29, 0.717) is 12.1 Å². The van der Waals surface area contributed by atoms with E-state index in [1.807, 2.05) is 11.8 Å². The first kappa shape index (κ1) is 14.9. The predicted octanol–water partition coefficient (Wildman–Crippen LogP) is 1.61. The minimum absolute atomic E-state index is 0.0542. The van der Waals surface area contributed by atoms with Crippen molar-refractivity contribution in [3.8, 4) is 0 Å². The van der Waals surface area contributed by atoms with E-state index >= 15 is 0 Å². The number of ether oxygens (including phenoxy) is 1. The number of thioether (sulfide) groups is 1. The standard InChI is InChI=1S/C15H22N2O3S/c18-14(13-1-6-20-11-13)16-12-15(2-7-19-8-3-15)17-4-9-21-10-5-17/h1,6,11H,2-5,7-10,12H2,(H,16,18). The van der Waals surface area contributed by atoms with E-state index in [2.05, 4.69) is 10.2 Å². The largest absolute Gasteiger partial charge is 0.472 e. The van der Waals surface area contributed by atoms with Crippen LogP contribution in [0.4, 0.5) is 0 Å². The molecule has 116 valence electrons. The Labute approximate surface area is 129 Å². The molecule has 3 rings (SSSR count). The molecule has 0 saturated carbocycles. The fourth-order valence-electron chi connectivity index (χ4n) is 3.13. The lowest BCUT2D eigenvalue weighted by molar-refractivity contribution is -0.0237. The van der Waals surface area contributed by atoms with Crippen molar-refractivity contribution in [3.63, 3.8) is 0 Å². The number of carbonyl (C=O) groups excluding carboxylic acids is 1. The maximum Gasteiger partial charge on any atom is 0.254 e. The molecule has 2 fully saturated rings. The number of carbonyl (C=O) groups is 1. The quantitative estimate of drug-likeness (QED) is 0.915. The highest BCUT2D eigenvalue weighted by Gasteiger charge is 2.39. The fourth-order valence-corrected chi connectivity index (χ4v) is 4.04. The van der Waals surface area contributed by atoms with Crippen molar-refractivity contribution >= 4 is 17.7 Å². The van der Waals surface area contributed by atoms with Gasteiger partial charge in [0.2, 0.25) is 0 Å². The molecule has 2 aliphatic rings. The van der Waals surface area contributed by atoms with Crippen LogP contribution in [0.15, 0.2) is 23.0 Å². The van der Waals surface area contributed by atoms with Crippen molar-refractivity contribution in [3.05, 3.63) is 24.2 Å². The molecule has 0 aromatic carbocycles. The Morgan fingerprint density at radius 3 is 2.76 bits per heavy atom. The summed E-state index contributed by atoms with van der Waals surface area (Å²) in [7, 11) is 0. The van der Waals surface area contributed by atoms with E-state index in [9.17, 15) is 4.79 Å². The first-order valence-corrected chi connectivity index (χ1v) is 8.67. The van der Waals surface area contributed by atoms with Crippen molar-refractivity contribution in [1.82, 2.24) is 10.2 Å². The monoisotopic (exact) mass is 310 g/mol. The smallest absolute Gasteiger partial charge is 0.254 e. The summed E-state index contributed by atoms with van der Waals surface area (Å²) in [4.78, 5) is 14.7. The summed E-state index contributed by atoms with van der Waals surface area (Å²) in [5, 5.41) is 3.09. The van der Waals surface area contributed by atoms with Crippen LogP contribution < -0.4 is 5.32 Å². The van der Waals surface area contributed by atoms with Crippen LogP contribution in [0.5, 0.6) is 0 Å². The summed E-state index contributed by atoms with van der Waals surface area (Å²) >= 11 is 2.01. The van der Waals surface area contributed by atoms with Gasteiger partial charge in [-0.1, -0.05) is 0 Å². The Kier molecular flexibility index (Phi) is 4.87. The van der Waals surface area contributed by atoms with Gasteiger partial charge in [0.15, 0.2) is 0 Å². The molecular weight excluding hydrogens is 288 g/mol. The molecule has 1 aromatic rings. The van der Waals surface area contributed by atoms with Gasteiger partial charge in [0.1, 0.15) is 6.26 Å². The molecule has 1 amide bonds. The first-order chi connectivity index (χ1) is 10.3. The number of nitrogens with zero attached hydrogens (tertiary/aromatic N) is 1. The van der Waals surface area contributed by atoms with Crippen LogP contribution in [0.3, 0.4) is 0 Å². The van der Waals surface area contributed by atoms with Crippen LogP contribution in [-0.4, -0.2) is 60.7 Å². The van der Waals surface area contributed by atoms with Gasteiger partial charge in [-0.3, -0.25) is 9.69 Å². The predicted molar refractivity (Wildman–Crippen MR) is 82.7 cm³/mol.